The summed E-state index contributed by atoms with van der Waals surface area (Å²) in [5.41, 5.74) is -0.698. The van der Waals surface area contributed by atoms with Gasteiger partial charge in [0.1, 0.15) is 11.3 Å². The van der Waals surface area contributed by atoms with Crippen LogP contribution in [0.1, 0.15) is 38.1 Å². The molecule has 0 aliphatic heterocycles. The number of ether oxygens (including phenoxy) is 2. The van der Waals surface area contributed by atoms with Gasteiger partial charge in [-0.05, 0) is 45.3 Å². The van der Waals surface area contributed by atoms with Gasteiger partial charge in [0.15, 0.2) is 0 Å². The molecule has 0 spiro atoms. The second kappa shape index (κ2) is 6.49. The number of methoxy groups -OCH3 is 2. The third-order valence-electron chi connectivity index (χ3n) is 3.59. The van der Waals surface area contributed by atoms with Gasteiger partial charge < -0.3 is 19.2 Å². The first-order valence-corrected chi connectivity index (χ1v) is 6.62. The van der Waals surface area contributed by atoms with Crippen LogP contribution in [0.5, 0.6) is 5.75 Å². The van der Waals surface area contributed by atoms with Crippen molar-refractivity contribution in [2.75, 3.05) is 14.2 Å². The molecule has 0 unspecified atom stereocenters. The average molecular weight is 293 g/mol. The molecule has 0 saturated heterocycles. The van der Waals surface area contributed by atoms with E-state index in [0.717, 1.165) is 5.46 Å². The van der Waals surface area contributed by atoms with Gasteiger partial charge in [-0.25, -0.2) is 4.79 Å². The summed E-state index contributed by atoms with van der Waals surface area (Å²) in [6.45, 7) is 6.96. The summed E-state index contributed by atoms with van der Waals surface area (Å²) >= 11 is 0. The van der Waals surface area contributed by atoms with E-state index in [1.54, 1.807) is 45.9 Å². The molecule has 6 heteroatoms. The summed E-state index contributed by atoms with van der Waals surface area (Å²) in [4.78, 5) is 11.6. The number of aliphatic hydroxyl groups is 1. The Morgan fingerprint density at radius 2 is 1.81 bits per heavy atom. The fourth-order valence-corrected chi connectivity index (χ4v) is 1.42. The van der Waals surface area contributed by atoms with Crippen LogP contribution in [0.25, 0.3) is 0 Å². The van der Waals surface area contributed by atoms with Crippen LogP contribution >= 0.6 is 0 Å². The van der Waals surface area contributed by atoms with Crippen LogP contribution in [0, 0.1) is 0 Å². The minimum atomic E-state index is -1.00. The molecule has 1 radical (unpaired) electrons. The lowest BCUT2D eigenvalue weighted by molar-refractivity contribution is -0.0893. The molecule has 0 amide bonds. The van der Waals surface area contributed by atoms with Gasteiger partial charge in [-0.2, -0.15) is 0 Å². The lowest BCUT2D eigenvalue weighted by Crippen LogP contribution is -2.49. The van der Waals surface area contributed by atoms with Crippen molar-refractivity contribution in [3.05, 3.63) is 23.8 Å². The molecule has 5 nitrogen and oxygen atoms in total. The third kappa shape index (κ3) is 4.22. The number of benzene rings is 1. The fraction of sp³-hybridized carbons (Fsp3) is 0.533. The third-order valence-corrected chi connectivity index (χ3v) is 3.59. The van der Waals surface area contributed by atoms with E-state index in [0.29, 0.717) is 11.3 Å². The minimum absolute atomic E-state index is 0.346. The molecule has 0 heterocycles. The highest BCUT2D eigenvalue weighted by atomic mass is 16.5. The number of hydrogen-bond donors (Lipinski definition) is 1. The maximum Gasteiger partial charge on any atom is 0.341 e. The van der Waals surface area contributed by atoms with Crippen LogP contribution in [-0.2, 0) is 9.39 Å². The molecular formula is C15H22BO5. The smallest absolute Gasteiger partial charge is 0.341 e. The predicted octanol–water partition coefficient (Wildman–Crippen LogP) is 1.29. The van der Waals surface area contributed by atoms with Crippen LogP contribution in [0.4, 0.5) is 0 Å². The number of carbonyl (C=O) groups is 1. The number of rotatable bonds is 6. The quantitative estimate of drug-likeness (QED) is 0.632. The first-order valence-electron chi connectivity index (χ1n) is 6.62. The van der Waals surface area contributed by atoms with Crippen LogP contribution in [0.15, 0.2) is 18.2 Å². The van der Waals surface area contributed by atoms with E-state index in [4.69, 9.17) is 9.39 Å². The van der Waals surface area contributed by atoms with Crippen molar-refractivity contribution in [3.63, 3.8) is 0 Å². The van der Waals surface area contributed by atoms with Crippen molar-refractivity contribution in [2.45, 2.75) is 38.9 Å². The summed E-state index contributed by atoms with van der Waals surface area (Å²) in [5.74, 6) is -0.0589. The van der Waals surface area contributed by atoms with E-state index in [1.807, 2.05) is 0 Å². The molecule has 0 fully saturated rings. The Hall–Kier alpha value is -1.53. The molecule has 0 atom stereocenters. The molecule has 1 N–H and O–H groups in total. The van der Waals surface area contributed by atoms with Gasteiger partial charge in [0.05, 0.1) is 25.4 Å². The molecule has 1 aromatic carbocycles. The van der Waals surface area contributed by atoms with Crippen molar-refractivity contribution < 1.29 is 24.0 Å². The first kappa shape index (κ1) is 17.5. The highest BCUT2D eigenvalue weighted by molar-refractivity contribution is 6.47. The Labute approximate surface area is 126 Å². The molecule has 1 rings (SSSR count). The zero-order valence-electron chi connectivity index (χ0n) is 13.4. The SMILES string of the molecule is COC(=O)c1ccc([B]OC(C)(C)C(C)(C)O)cc1OC. The standard InChI is InChI=1S/C15H22BO5/c1-14(2,18)15(3,4)21-16-10-7-8-11(13(17)20-6)12(9-10)19-5/h7-9,18H,1-6H3. The van der Waals surface area contributed by atoms with Gasteiger partial charge in [0, 0.05) is 0 Å². The monoisotopic (exact) mass is 293 g/mol. The van der Waals surface area contributed by atoms with Gasteiger partial charge in [-0.15, -0.1) is 0 Å². The van der Waals surface area contributed by atoms with Gasteiger partial charge in [0.2, 0.25) is 0 Å². The summed E-state index contributed by atoms with van der Waals surface area (Å²) in [7, 11) is 4.32. The average Bonchev–Trinajstić information content (AvgIpc) is 2.42. The van der Waals surface area contributed by atoms with Gasteiger partial charge in [0.25, 0.3) is 0 Å². The van der Waals surface area contributed by atoms with E-state index in [2.05, 4.69) is 4.74 Å². The first-order chi connectivity index (χ1) is 9.62. The van der Waals surface area contributed by atoms with Crippen LogP contribution < -0.4 is 10.2 Å². The second-order valence-corrected chi connectivity index (χ2v) is 5.76. The van der Waals surface area contributed by atoms with Crippen molar-refractivity contribution >= 4 is 18.9 Å². The summed E-state index contributed by atoms with van der Waals surface area (Å²) in [6, 6.07) is 5.00. The number of carbonyl (C=O) groups excluding carboxylic acids is 1. The molecule has 1 aromatic rings. The zero-order valence-corrected chi connectivity index (χ0v) is 13.4. The molecule has 0 aliphatic carbocycles. The lowest BCUT2D eigenvalue weighted by Gasteiger charge is -2.37. The Bertz CT molecular complexity index is 505. The Balaban J connectivity index is 2.90. The molecular weight excluding hydrogens is 271 g/mol. The van der Waals surface area contributed by atoms with Gasteiger partial charge in [-0.1, -0.05) is 6.07 Å². The minimum Gasteiger partial charge on any atom is -0.496 e. The molecule has 0 aromatic heterocycles. The molecule has 0 aliphatic rings. The van der Waals surface area contributed by atoms with Crippen molar-refractivity contribution in [1.82, 2.24) is 0 Å². The number of hydrogen-bond acceptors (Lipinski definition) is 5. The van der Waals surface area contributed by atoms with E-state index in [-0.39, 0.29) is 0 Å². The topological polar surface area (TPSA) is 65.0 Å². The van der Waals surface area contributed by atoms with Crippen molar-refractivity contribution in [1.29, 1.82) is 0 Å². The van der Waals surface area contributed by atoms with Crippen LogP contribution in [0.3, 0.4) is 0 Å². The maximum atomic E-state index is 11.6. The fourth-order valence-electron chi connectivity index (χ4n) is 1.42. The summed E-state index contributed by atoms with van der Waals surface area (Å²) < 4.78 is 15.5. The van der Waals surface area contributed by atoms with Crippen molar-refractivity contribution in [2.24, 2.45) is 0 Å². The predicted molar refractivity (Wildman–Crippen MR) is 81.2 cm³/mol. The zero-order chi connectivity index (χ0) is 16.3. The van der Waals surface area contributed by atoms with E-state index >= 15 is 0 Å². The Kier molecular flexibility index (Phi) is 5.42. The number of esters is 1. The van der Waals surface area contributed by atoms with Crippen LogP contribution in [0.2, 0.25) is 0 Å². The lowest BCUT2D eigenvalue weighted by atomic mass is 9.82. The normalized spacial score (nSPS) is 12.0. The highest BCUT2D eigenvalue weighted by Crippen LogP contribution is 2.24. The summed E-state index contributed by atoms with van der Waals surface area (Å²) in [6.07, 6.45) is 0. The van der Waals surface area contributed by atoms with Gasteiger partial charge in [-0.3, -0.25) is 0 Å². The van der Waals surface area contributed by atoms with Crippen molar-refractivity contribution in [3.8, 4) is 5.75 Å². The molecule has 0 bridgehead atoms. The Morgan fingerprint density at radius 1 is 1.19 bits per heavy atom. The van der Waals surface area contributed by atoms with E-state index in [9.17, 15) is 9.90 Å². The van der Waals surface area contributed by atoms with E-state index in [1.165, 1.54) is 21.7 Å². The van der Waals surface area contributed by atoms with Gasteiger partial charge >= 0.3 is 13.5 Å². The summed E-state index contributed by atoms with van der Waals surface area (Å²) in [5, 5.41) is 10.0. The molecule has 0 saturated carbocycles. The molecule has 115 valence electrons. The molecule has 21 heavy (non-hydrogen) atoms. The maximum absolute atomic E-state index is 11.6. The van der Waals surface area contributed by atoms with E-state index < -0.39 is 17.2 Å². The highest BCUT2D eigenvalue weighted by Gasteiger charge is 2.35. The second-order valence-electron chi connectivity index (χ2n) is 5.76. The Morgan fingerprint density at radius 3 is 2.29 bits per heavy atom. The largest absolute Gasteiger partial charge is 0.496 e. The van der Waals surface area contributed by atoms with Crippen LogP contribution in [-0.4, -0.2) is 44.0 Å².